The molecule has 0 aromatic rings. The van der Waals surface area contributed by atoms with Gasteiger partial charge in [-0.25, -0.2) is 0 Å². The van der Waals surface area contributed by atoms with Crippen molar-refractivity contribution < 1.29 is 9.53 Å². The Morgan fingerprint density at radius 3 is 2.87 bits per heavy atom. The van der Waals surface area contributed by atoms with E-state index in [1.807, 2.05) is 0 Å². The lowest BCUT2D eigenvalue weighted by Crippen LogP contribution is -2.37. The molecule has 0 saturated heterocycles. The molecular formula is C11H22N2O2. The van der Waals surface area contributed by atoms with E-state index in [0.29, 0.717) is 19.7 Å². The number of carbonyl (C=O) groups is 1. The molecule has 0 atom stereocenters. The second-order valence-electron chi connectivity index (χ2n) is 4.12. The van der Waals surface area contributed by atoms with Gasteiger partial charge in [-0.1, -0.05) is 6.42 Å². The molecule has 1 rings (SSSR count). The van der Waals surface area contributed by atoms with Gasteiger partial charge in [-0.15, -0.1) is 0 Å². The lowest BCUT2D eigenvalue weighted by molar-refractivity contribution is -0.120. The van der Waals surface area contributed by atoms with Crippen molar-refractivity contribution in [2.45, 2.75) is 25.7 Å². The van der Waals surface area contributed by atoms with E-state index in [2.05, 4.69) is 10.6 Å². The molecule has 0 radical (unpaired) electrons. The van der Waals surface area contributed by atoms with Crippen molar-refractivity contribution in [1.29, 1.82) is 0 Å². The van der Waals surface area contributed by atoms with Gasteiger partial charge in [-0.3, -0.25) is 4.79 Å². The summed E-state index contributed by atoms with van der Waals surface area (Å²) in [5.41, 5.74) is 0. The third kappa shape index (κ3) is 5.74. The van der Waals surface area contributed by atoms with Crippen LogP contribution in [0.1, 0.15) is 25.7 Å². The fourth-order valence-corrected chi connectivity index (χ4v) is 1.59. The van der Waals surface area contributed by atoms with Crippen molar-refractivity contribution in [1.82, 2.24) is 10.6 Å². The third-order valence-corrected chi connectivity index (χ3v) is 2.79. The highest BCUT2D eigenvalue weighted by Crippen LogP contribution is 2.24. The number of carbonyl (C=O) groups excluding carboxylic acids is 1. The van der Waals surface area contributed by atoms with Crippen LogP contribution in [0.25, 0.3) is 0 Å². The first-order valence-corrected chi connectivity index (χ1v) is 5.79. The quantitative estimate of drug-likeness (QED) is 0.579. The van der Waals surface area contributed by atoms with Gasteiger partial charge in [0.15, 0.2) is 0 Å². The summed E-state index contributed by atoms with van der Waals surface area (Å²) in [5.74, 6) is 0.900. The highest BCUT2D eigenvalue weighted by Gasteiger charge is 2.16. The highest BCUT2D eigenvalue weighted by atomic mass is 16.5. The Labute approximate surface area is 91.8 Å². The Kier molecular flexibility index (Phi) is 6.36. The van der Waals surface area contributed by atoms with Crippen LogP contribution in [0.2, 0.25) is 0 Å². The fourth-order valence-electron chi connectivity index (χ4n) is 1.59. The summed E-state index contributed by atoms with van der Waals surface area (Å²) < 4.78 is 4.89. The van der Waals surface area contributed by atoms with Crippen LogP contribution in [-0.2, 0) is 9.53 Å². The van der Waals surface area contributed by atoms with Crippen molar-refractivity contribution in [3.63, 3.8) is 0 Å². The van der Waals surface area contributed by atoms with Crippen LogP contribution in [0.15, 0.2) is 0 Å². The molecule has 1 saturated carbocycles. The standard InChI is InChI=1S/C11H22N2O2/c1-15-7-3-6-13-11(14)9-12-8-10-4-2-5-10/h10,12H,2-9H2,1H3,(H,13,14). The number of nitrogens with one attached hydrogen (secondary N) is 2. The summed E-state index contributed by atoms with van der Waals surface area (Å²) in [6.07, 6.45) is 4.88. The molecule has 0 spiro atoms. The molecule has 0 heterocycles. The zero-order valence-electron chi connectivity index (χ0n) is 9.55. The van der Waals surface area contributed by atoms with Gasteiger partial charge in [0, 0.05) is 20.3 Å². The maximum atomic E-state index is 11.3. The summed E-state index contributed by atoms with van der Waals surface area (Å²) in [5, 5.41) is 6.03. The Morgan fingerprint density at radius 2 is 2.27 bits per heavy atom. The van der Waals surface area contributed by atoms with Gasteiger partial charge in [0.2, 0.25) is 5.91 Å². The van der Waals surface area contributed by atoms with Crippen LogP contribution in [0.5, 0.6) is 0 Å². The topological polar surface area (TPSA) is 50.4 Å². The summed E-state index contributed by atoms with van der Waals surface area (Å²) in [7, 11) is 1.67. The Hall–Kier alpha value is -0.610. The second-order valence-corrected chi connectivity index (χ2v) is 4.12. The van der Waals surface area contributed by atoms with Crippen molar-refractivity contribution in [2.75, 3.05) is 33.4 Å². The van der Waals surface area contributed by atoms with Gasteiger partial charge >= 0.3 is 0 Å². The van der Waals surface area contributed by atoms with Crippen LogP contribution < -0.4 is 10.6 Å². The predicted octanol–water partition coefficient (Wildman–Crippen LogP) is 0.529. The normalized spacial score (nSPS) is 16.1. The first kappa shape index (κ1) is 12.5. The summed E-state index contributed by atoms with van der Waals surface area (Å²) in [4.78, 5) is 11.3. The van der Waals surface area contributed by atoms with Crippen molar-refractivity contribution in [3.8, 4) is 0 Å². The monoisotopic (exact) mass is 214 g/mol. The van der Waals surface area contributed by atoms with Crippen LogP contribution in [0.3, 0.4) is 0 Å². The maximum Gasteiger partial charge on any atom is 0.233 e. The van der Waals surface area contributed by atoms with E-state index < -0.39 is 0 Å². The van der Waals surface area contributed by atoms with Gasteiger partial charge in [0.1, 0.15) is 0 Å². The van der Waals surface area contributed by atoms with Crippen LogP contribution in [0.4, 0.5) is 0 Å². The molecule has 0 aromatic carbocycles. The van der Waals surface area contributed by atoms with E-state index in [0.717, 1.165) is 18.9 Å². The molecule has 15 heavy (non-hydrogen) atoms. The molecule has 0 bridgehead atoms. The lowest BCUT2D eigenvalue weighted by atomic mass is 9.85. The number of hydrogen-bond acceptors (Lipinski definition) is 3. The lowest BCUT2D eigenvalue weighted by Gasteiger charge is -2.25. The van der Waals surface area contributed by atoms with Gasteiger partial charge in [-0.05, 0) is 31.7 Å². The first-order valence-electron chi connectivity index (χ1n) is 5.79. The third-order valence-electron chi connectivity index (χ3n) is 2.79. The van der Waals surface area contributed by atoms with Gasteiger partial charge < -0.3 is 15.4 Å². The van der Waals surface area contributed by atoms with E-state index in [1.54, 1.807) is 7.11 Å². The molecular weight excluding hydrogens is 192 g/mol. The van der Waals surface area contributed by atoms with E-state index in [1.165, 1.54) is 19.3 Å². The molecule has 4 nitrogen and oxygen atoms in total. The average Bonchev–Trinajstić information content (AvgIpc) is 2.17. The van der Waals surface area contributed by atoms with Crippen molar-refractivity contribution in [3.05, 3.63) is 0 Å². The molecule has 0 aromatic heterocycles. The Morgan fingerprint density at radius 1 is 1.47 bits per heavy atom. The maximum absolute atomic E-state index is 11.3. The van der Waals surface area contributed by atoms with Crippen molar-refractivity contribution in [2.24, 2.45) is 5.92 Å². The minimum atomic E-state index is 0.0884. The molecule has 1 fully saturated rings. The van der Waals surface area contributed by atoms with E-state index >= 15 is 0 Å². The second kappa shape index (κ2) is 7.65. The van der Waals surface area contributed by atoms with Crippen LogP contribution >= 0.6 is 0 Å². The van der Waals surface area contributed by atoms with Gasteiger partial charge in [0.05, 0.1) is 6.54 Å². The molecule has 1 aliphatic rings. The number of amides is 1. The molecule has 0 unspecified atom stereocenters. The van der Waals surface area contributed by atoms with Crippen LogP contribution in [-0.4, -0.2) is 39.3 Å². The van der Waals surface area contributed by atoms with E-state index in [9.17, 15) is 4.79 Å². The first-order chi connectivity index (χ1) is 7.33. The van der Waals surface area contributed by atoms with Crippen molar-refractivity contribution >= 4 is 5.91 Å². The summed E-state index contributed by atoms with van der Waals surface area (Å²) >= 11 is 0. The zero-order valence-corrected chi connectivity index (χ0v) is 9.55. The Balaban J connectivity index is 1.84. The Bertz CT molecular complexity index is 181. The van der Waals surface area contributed by atoms with E-state index in [4.69, 9.17) is 4.74 Å². The largest absolute Gasteiger partial charge is 0.385 e. The smallest absolute Gasteiger partial charge is 0.233 e. The molecule has 2 N–H and O–H groups in total. The van der Waals surface area contributed by atoms with Crippen LogP contribution in [0, 0.1) is 5.92 Å². The number of rotatable bonds is 8. The highest BCUT2D eigenvalue weighted by molar-refractivity contribution is 5.77. The van der Waals surface area contributed by atoms with E-state index in [-0.39, 0.29) is 5.91 Å². The minimum absolute atomic E-state index is 0.0884. The predicted molar refractivity (Wildman–Crippen MR) is 59.7 cm³/mol. The molecule has 1 aliphatic carbocycles. The number of ether oxygens (including phenoxy) is 1. The molecule has 1 amide bonds. The fraction of sp³-hybridized carbons (Fsp3) is 0.909. The molecule has 4 heteroatoms. The molecule has 88 valence electrons. The summed E-state index contributed by atoms with van der Waals surface area (Å²) in [6, 6.07) is 0. The van der Waals surface area contributed by atoms with Gasteiger partial charge in [-0.2, -0.15) is 0 Å². The summed E-state index contributed by atoms with van der Waals surface area (Å²) in [6.45, 7) is 2.85. The SMILES string of the molecule is COCCCNC(=O)CNCC1CCC1. The average molecular weight is 214 g/mol. The molecule has 0 aliphatic heterocycles. The van der Waals surface area contributed by atoms with Gasteiger partial charge in [0.25, 0.3) is 0 Å². The minimum Gasteiger partial charge on any atom is -0.385 e. The number of hydrogen-bond donors (Lipinski definition) is 2. The zero-order chi connectivity index (χ0) is 10.9. The number of methoxy groups -OCH3 is 1.